The Bertz CT molecular complexity index is 640. The van der Waals surface area contributed by atoms with Crippen LogP contribution in [0.25, 0.3) is 0 Å². The van der Waals surface area contributed by atoms with E-state index < -0.39 is 0 Å². The molecule has 0 amide bonds. The highest BCUT2D eigenvalue weighted by molar-refractivity contribution is 5.08. The van der Waals surface area contributed by atoms with E-state index in [1.165, 1.54) is 97.6 Å². The molecule has 0 aromatic heterocycles. The van der Waals surface area contributed by atoms with Gasteiger partial charge in [0.15, 0.2) is 0 Å². The maximum atomic E-state index is 2.44. The van der Waals surface area contributed by atoms with E-state index in [1.54, 1.807) is 0 Å². The van der Waals surface area contributed by atoms with Crippen LogP contribution in [0.1, 0.15) is 120 Å². The van der Waals surface area contributed by atoms with Gasteiger partial charge in [0.25, 0.3) is 0 Å². The smallest absolute Gasteiger partial charge is 0.0288 e. The molecule has 0 saturated heterocycles. The summed E-state index contributed by atoms with van der Waals surface area (Å²) < 4.78 is 0. The van der Waals surface area contributed by atoms with Crippen molar-refractivity contribution in [1.29, 1.82) is 0 Å². The molecule has 0 aromatic rings. The first-order valence-electron chi connectivity index (χ1n) is 12.1. The molecule has 0 aliphatic carbocycles. The molecular formula is C30H50. The number of rotatable bonds is 15. The first kappa shape index (κ1) is 28.4. The third kappa shape index (κ3) is 18.5. The molecule has 0 atom stereocenters. The van der Waals surface area contributed by atoms with Crippen molar-refractivity contribution in [3.63, 3.8) is 0 Å². The van der Waals surface area contributed by atoms with Crippen LogP contribution in [-0.4, -0.2) is 0 Å². The standard InChI is InChI=1S/C30H50/c1-9-26(4)16-11-18-28(6)20-13-22-30(8)24-14-23-29(7)21-12-19-27(5)17-10-15-25(2)3/h9,15,18-19,22-23H,10-14,16-17,20-21,24H2,1-8H3. The van der Waals surface area contributed by atoms with E-state index in [0.717, 1.165) is 0 Å². The first-order chi connectivity index (χ1) is 14.2. The highest BCUT2D eigenvalue weighted by Crippen LogP contribution is 2.15. The van der Waals surface area contributed by atoms with Crippen LogP contribution >= 0.6 is 0 Å². The predicted octanol–water partition coefficient (Wildman–Crippen LogP) is 10.6. The van der Waals surface area contributed by atoms with Gasteiger partial charge in [0.1, 0.15) is 0 Å². The van der Waals surface area contributed by atoms with Gasteiger partial charge in [0.2, 0.25) is 0 Å². The minimum absolute atomic E-state index is 1.18. The SMILES string of the molecule is CC=C(C)CCC=C(C)CCC=C(C)CCC=C(C)CCC=C(C)CCC=C(C)C. The summed E-state index contributed by atoms with van der Waals surface area (Å²) in [5.41, 5.74) is 9.04. The molecule has 0 N–H and O–H groups in total. The second-order valence-corrected chi connectivity index (χ2v) is 9.31. The first-order valence-corrected chi connectivity index (χ1v) is 12.1. The molecular weight excluding hydrogens is 360 g/mol. The highest BCUT2D eigenvalue weighted by atomic mass is 14.0. The molecule has 0 radical (unpaired) electrons. The highest BCUT2D eigenvalue weighted by Gasteiger charge is 1.95. The summed E-state index contributed by atoms with van der Waals surface area (Å²) in [4.78, 5) is 0. The number of hydrogen-bond acceptors (Lipinski definition) is 0. The van der Waals surface area contributed by atoms with Gasteiger partial charge >= 0.3 is 0 Å². The van der Waals surface area contributed by atoms with Crippen molar-refractivity contribution in [3.8, 4) is 0 Å². The van der Waals surface area contributed by atoms with E-state index in [4.69, 9.17) is 0 Å². The van der Waals surface area contributed by atoms with E-state index in [0.29, 0.717) is 0 Å². The Morgan fingerprint density at radius 3 is 0.933 bits per heavy atom. The molecule has 0 aromatic carbocycles. The van der Waals surface area contributed by atoms with Crippen LogP contribution in [0, 0.1) is 0 Å². The average molecular weight is 411 g/mol. The lowest BCUT2D eigenvalue weighted by atomic mass is 10.0. The molecule has 170 valence electrons. The van der Waals surface area contributed by atoms with E-state index in [1.807, 2.05) is 0 Å². The van der Waals surface area contributed by atoms with Gasteiger partial charge in [-0.15, -0.1) is 0 Å². The Labute approximate surface area is 189 Å². The Balaban J connectivity index is 4.08. The van der Waals surface area contributed by atoms with Gasteiger partial charge in [-0.05, 0) is 120 Å². The Morgan fingerprint density at radius 2 is 0.667 bits per heavy atom. The maximum absolute atomic E-state index is 2.44. The predicted molar refractivity (Wildman–Crippen MR) is 140 cm³/mol. The van der Waals surface area contributed by atoms with Crippen LogP contribution in [0.2, 0.25) is 0 Å². The Hall–Kier alpha value is -1.56. The minimum Gasteiger partial charge on any atom is -0.0887 e. The average Bonchev–Trinajstić information content (AvgIpc) is 2.67. The van der Waals surface area contributed by atoms with Gasteiger partial charge in [-0.25, -0.2) is 0 Å². The largest absolute Gasteiger partial charge is 0.0887 e. The van der Waals surface area contributed by atoms with Crippen LogP contribution < -0.4 is 0 Å². The van der Waals surface area contributed by atoms with Gasteiger partial charge in [0.05, 0.1) is 0 Å². The quantitative estimate of drug-likeness (QED) is 0.235. The fourth-order valence-electron chi connectivity index (χ4n) is 3.33. The van der Waals surface area contributed by atoms with E-state index in [-0.39, 0.29) is 0 Å². The van der Waals surface area contributed by atoms with Gasteiger partial charge in [-0.3, -0.25) is 0 Å². The number of allylic oxidation sites excluding steroid dienone is 12. The maximum Gasteiger partial charge on any atom is -0.0288 e. The van der Waals surface area contributed by atoms with Gasteiger partial charge in [0, 0.05) is 0 Å². The van der Waals surface area contributed by atoms with Crippen molar-refractivity contribution >= 4 is 0 Å². The van der Waals surface area contributed by atoms with Crippen molar-refractivity contribution in [2.75, 3.05) is 0 Å². The third-order valence-electron chi connectivity index (χ3n) is 5.71. The normalized spacial score (nSPS) is 14.3. The fourth-order valence-corrected chi connectivity index (χ4v) is 3.33. The summed E-state index contributed by atoms with van der Waals surface area (Å²) in [6.07, 6.45) is 26.1. The van der Waals surface area contributed by atoms with Crippen LogP contribution in [-0.2, 0) is 0 Å². The van der Waals surface area contributed by atoms with Crippen LogP contribution in [0.3, 0.4) is 0 Å². The van der Waals surface area contributed by atoms with Crippen molar-refractivity contribution in [2.45, 2.75) is 120 Å². The summed E-state index contributed by atoms with van der Waals surface area (Å²) in [5.74, 6) is 0. The van der Waals surface area contributed by atoms with E-state index >= 15 is 0 Å². The molecule has 0 heterocycles. The van der Waals surface area contributed by atoms with Gasteiger partial charge in [-0.1, -0.05) is 69.9 Å². The molecule has 0 saturated carbocycles. The zero-order valence-corrected chi connectivity index (χ0v) is 21.5. The summed E-state index contributed by atoms with van der Waals surface area (Å²) >= 11 is 0. The van der Waals surface area contributed by atoms with Crippen LogP contribution in [0.4, 0.5) is 0 Å². The van der Waals surface area contributed by atoms with Gasteiger partial charge in [-0.2, -0.15) is 0 Å². The molecule has 0 bridgehead atoms. The van der Waals surface area contributed by atoms with E-state index in [2.05, 4.69) is 91.8 Å². The number of hydrogen-bond donors (Lipinski definition) is 0. The second-order valence-electron chi connectivity index (χ2n) is 9.31. The molecule has 0 spiro atoms. The van der Waals surface area contributed by atoms with Crippen LogP contribution in [0.5, 0.6) is 0 Å². The molecule has 0 heteroatoms. The molecule has 0 rings (SSSR count). The van der Waals surface area contributed by atoms with Gasteiger partial charge < -0.3 is 0 Å². The second kappa shape index (κ2) is 18.2. The molecule has 0 aliphatic rings. The summed E-state index contributed by atoms with van der Waals surface area (Å²) in [6, 6.07) is 0. The minimum atomic E-state index is 1.18. The molecule has 0 nitrogen and oxygen atoms in total. The van der Waals surface area contributed by atoms with E-state index in [9.17, 15) is 0 Å². The molecule has 0 unspecified atom stereocenters. The molecule has 0 fully saturated rings. The van der Waals surface area contributed by atoms with Crippen molar-refractivity contribution in [2.24, 2.45) is 0 Å². The molecule has 30 heavy (non-hydrogen) atoms. The summed E-state index contributed by atoms with van der Waals surface area (Å²) in [6.45, 7) is 17.8. The summed E-state index contributed by atoms with van der Waals surface area (Å²) in [7, 11) is 0. The Morgan fingerprint density at radius 1 is 0.400 bits per heavy atom. The van der Waals surface area contributed by atoms with Crippen molar-refractivity contribution < 1.29 is 0 Å². The lowest BCUT2D eigenvalue weighted by Gasteiger charge is -2.03. The van der Waals surface area contributed by atoms with Crippen molar-refractivity contribution in [1.82, 2.24) is 0 Å². The Kier molecular flexibility index (Phi) is 17.3. The zero-order chi connectivity index (χ0) is 22.8. The van der Waals surface area contributed by atoms with Crippen molar-refractivity contribution in [3.05, 3.63) is 69.9 Å². The molecule has 0 aliphatic heterocycles. The topological polar surface area (TPSA) is 0 Å². The lowest BCUT2D eigenvalue weighted by Crippen LogP contribution is -1.83. The lowest BCUT2D eigenvalue weighted by molar-refractivity contribution is 0.886. The summed E-state index contributed by atoms with van der Waals surface area (Å²) in [5, 5.41) is 0. The van der Waals surface area contributed by atoms with Crippen LogP contribution in [0.15, 0.2) is 69.9 Å². The zero-order valence-electron chi connectivity index (χ0n) is 21.5. The third-order valence-corrected chi connectivity index (χ3v) is 5.71. The monoisotopic (exact) mass is 410 g/mol. The fraction of sp³-hybridized carbons (Fsp3) is 0.600.